The molecule has 7 nitrogen and oxygen atoms in total. The average Bonchev–Trinajstić information content (AvgIpc) is 3.01. The lowest BCUT2D eigenvalue weighted by atomic mass is 10.1. The lowest BCUT2D eigenvalue weighted by molar-refractivity contribution is 0.0528. The first kappa shape index (κ1) is 22.7. The molecule has 8 heteroatoms. The Bertz CT molecular complexity index is 1210. The maximum atomic E-state index is 13.2. The maximum absolute atomic E-state index is 13.2. The Morgan fingerprint density at radius 2 is 1.81 bits per heavy atom. The van der Waals surface area contributed by atoms with Gasteiger partial charge in [-0.05, 0) is 76.1 Å². The zero-order valence-electron chi connectivity index (χ0n) is 18.4. The summed E-state index contributed by atoms with van der Waals surface area (Å²) in [6.45, 7) is 7.72. The van der Waals surface area contributed by atoms with Crippen LogP contribution in [0.3, 0.4) is 0 Å². The quantitative estimate of drug-likeness (QED) is 0.588. The minimum absolute atomic E-state index is 0.173. The van der Waals surface area contributed by atoms with E-state index >= 15 is 0 Å². The molecule has 31 heavy (non-hydrogen) atoms. The minimum Gasteiger partial charge on any atom is -0.497 e. The monoisotopic (exact) mass is 444 g/mol. The fraction of sp³-hybridized carbons (Fsp3) is 0.348. The van der Waals surface area contributed by atoms with Crippen molar-refractivity contribution in [1.82, 2.24) is 10.3 Å². The zero-order chi connectivity index (χ0) is 22.8. The molecule has 1 heterocycles. The van der Waals surface area contributed by atoms with Crippen LogP contribution in [0.15, 0.2) is 52.3 Å². The van der Waals surface area contributed by atoms with Gasteiger partial charge in [0.1, 0.15) is 11.4 Å². The van der Waals surface area contributed by atoms with Crippen molar-refractivity contribution in [2.75, 3.05) is 13.7 Å². The zero-order valence-corrected chi connectivity index (χ0v) is 19.2. The van der Waals surface area contributed by atoms with Crippen LogP contribution < -0.4 is 10.1 Å². The number of rotatable bonds is 6. The molecule has 0 aliphatic heterocycles. The summed E-state index contributed by atoms with van der Waals surface area (Å²) in [6, 6.07) is 11.4. The first-order valence-corrected chi connectivity index (χ1v) is 11.5. The van der Waals surface area contributed by atoms with Crippen LogP contribution in [0.5, 0.6) is 5.75 Å². The SMILES string of the molecule is COc1cccc(S(=O)(=O)c2ccc3[nH]c(C)c(CCNC(=O)OC(C)(C)C)c3c2)c1. The van der Waals surface area contributed by atoms with Crippen molar-refractivity contribution in [2.45, 2.75) is 49.5 Å². The van der Waals surface area contributed by atoms with Crippen molar-refractivity contribution < 1.29 is 22.7 Å². The molecule has 0 saturated heterocycles. The van der Waals surface area contributed by atoms with Crippen molar-refractivity contribution in [3.63, 3.8) is 0 Å². The number of amides is 1. The summed E-state index contributed by atoms with van der Waals surface area (Å²) in [5.74, 6) is 0.480. The number of nitrogens with one attached hydrogen (secondary N) is 2. The second-order valence-corrected chi connectivity index (χ2v) is 10.2. The third-order valence-corrected chi connectivity index (χ3v) is 6.55. The predicted molar refractivity (Wildman–Crippen MR) is 119 cm³/mol. The van der Waals surface area contributed by atoms with E-state index in [4.69, 9.17) is 9.47 Å². The Balaban J connectivity index is 1.87. The molecule has 0 radical (unpaired) electrons. The summed E-state index contributed by atoms with van der Waals surface area (Å²) >= 11 is 0. The van der Waals surface area contributed by atoms with E-state index in [9.17, 15) is 13.2 Å². The van der Waals surface area contributed by atoms with E-state index in [-0.39, 0.29) is 9.79 Å². The van der Waals surface area contributed by atoms with E-state index in [0.717, 1.165) is 22.2 Å². The summed E-state index contributed by atoms with van der Waals surface area (Å²) in [4.78, 5) is 15.6. The summed E-state index contributed by atoms with van der Waals surface area (Å²) in [5.41, 5.74) is 2.16. The molecule has 0 spiro atoms. The van der Waals surface area contributed by atoms with Gasteiger partial charge in [-0.2, -0.15) is 0 Å². The second-order valence-electron chi connectivity index (χ2n) is 8.30. The smallest absolute Gasteiger partial charge is 0.407 e. The average molecular weight is 445 g/mol. The molecule has 3 rings (SSSR count). The standard InChI is InChI=1S/C23H28N2O5S/c1-15-19(11-12-24-22(26)30-23(2,3)4)20-14-18(9-10-21(20)25-15)31(27,28)17-8-6-7-16(13-17)29-5/h6-10,13-14,25H,11-12H2,1-5H3,(H,24,26). The number of aromatic amines is 1. The molecule has 3 aromatic rings. The molecule has 0 fully saturated rings. The predicted octanol–water partition coefficient (Wildman–Crippen LogP) is 4.38. The lowest BCUT2D eigenvalue weighted by Gasteiger charge is -2.19. The number of H-pyrrole nitrogens is 1. The van der Waals surface area contributed by atoms with Gasteiger partial charge in [0.2, 0.25) is 9.84 Å². The molecule has 0 saturated carbocycles. The summed E-state index contributed by atoms with van der Waals surface area (Å²) in [5, 5.41) is 3.56. The Morgan fingerprint density at radius 1 is 1.10 bits per heavy atom. The van der Waals surface area contributed by atoms with Gasteiger partial charge in [-0.1, -0.05) is 6.07 Å². The molecule has 0 aliphatic rings. The molecule has 0 aliphatic carbocycles. The highest BCUT2D eigenvalue weighted by Gasteiger charge is 2.21. The highest BCUT2D eigenvalue weighted by atomic mass is 32.2. The lowest BCUT2D eigenvalue weighted by Crippen LogP contribution is -2.33. The van der Waals surface area contributed by atoms with E-state index in [0.29, 0.717) is 18.7 Å². The molecular formula is C23H28N2O5S. The van der Waals surface area contributed by atoms with E-state index in [1.807, 2.05) is 6.92 Å². The van der Waals surface area contributed by atoms with Gasteiger partial charge in [-0.25, -0.2) is 13.2 Å². The Labute approximate surface area is 182 Å². The van der Waals surface area contributed by atoms with E-state index in [1.54, 1.807) is 57.2 Å². The number of alkyl carbamates (subject to hydrolysis) is 1. The molecule has 166 valence electrons. The van der Waals surface area contributed by atoms with Gasteiger partial charge in [-0.3, -0.25) is 0 Å². The molecule has 0 atom stereocenters. The second kappa shape index (κ2) is 8.63. The van der Waals surface area contributed by atoms with Crippen LogP contribution >= 0.6 is 0 Å². The normalized spacial score (nSPS) is 12.0. The van der Waals surface area contributed by atoms with Crippen molar-refractivity contribution in [1.29, 1.82) is 0 Å². The van der Waals surface area contributed by atoms with Gasteiger partial charge in [-0.15, -0.1) is 0 Å². The van der Waals surface area contributed by atoms with Gasteiger partial charge in [0.25, 0.3) is 0 Å². The van der Waals surface area contributed by atoms with Gasteiger partial charge in [0, 0.05) is 23.1 Å². The Kier molecular flexibility index (Phi) is 6.31. The molecule has 2 aromatic carbocycles. The fourth-order valence-corrected chi connectivity index (χ4v) is 4.68. The molecule has 2 N–H and O–H groups in total. The van der Waals surface area contributed by atoms with Crippen LogP contribution in [-0.2, 0) is 21.0 Å². The molecule has 0 bridgehead atoms. The number of fused-ring (bicyclic) bond motifs is 1. The van der Waals surface area contributed by atoms with Gasteiger partial charge >= 0.3 is 6.09 Å². The summed E-state index contributed by atoms with van der Waals surface area (Å²) < 4.78 is 36.7. The van der Waals surface area contributed by atoms with Crippen molar-refractivity contribution in [2.24, 2.45) is 0 Å². The van der Waals surface area contributed by atoms with E-state index < -0.39 is 21.5 Å². The van der Waals surface area contributed by atoms with Crippen molar-refractivity contribution >= 4 is 26.8 Å². The van der Waals surface area contributed by atoms with Crippen LogP contribution in [0.4, 0.5) is 4.79 Å². The van der Waals surface area contributed by atoms with Crippen LogP contribution in [0.2, 0.25) is 0 Å². The molecule has 1 aromatic heterocycles. The number of methoxy groups -OCH3 is 1. The Hall–Kier alpha value is -3.00. The summed E-state index contributed by atoms with van der Waals surface area (Å²) in [7, 11) is -2.21. The number of aryl methyl sites for hydroxylation is 1. The van der Waals surface area contributed by atoms with Crippen LogP contribution in [-0.4, -0.2) is 38.8 Å². The van der Waals surface area contributed by atoms with Crippen LogP contribution in [0, 0.1) is 6.92 Å². The first-order chi connectivity index (χ1) is 14.5. The number of carbonyl (C=O) groups is 1. The highest BCUT2D eigenvalue weighted by molar-refractivity contribution is 7.91. The number of benzene rings is 2. The minimum atomic E-state index is -3.71. The topological polar surface area (TPSA) is 97.5 Å². The number of hydrogen-bond acceptors (Lipinski definition) is 5. The largest absolute Gasteiger partial charge is 0.497 e. The molecule has 1 amide bonds. The number of hydrogen-bond donors (Lipinski definition) is 2. The number of carbonyl (C=O) groups excluding carboxylic acids is 1. The van der Waals surface area contributed by atoms with E-state index in [2.05, 4.69) is 10.3 Å². The third kappa shape index (κ3) is 5.19. The van der Waals surface area contributed by atoms with Gasteiger partial charge in [0.05, 0.1) is 16.9 Å². The number of aromatic nitrogens is 1. The fourth-order valence-electron chi connectivity index (χ4n) is 3.36. The Morgan fingerprint density at radius 3 is 2.48 bits per heavy atom. The van der Waals surface area contributed by atoms with Crippen molar-refractivity contribution in [3.05, 3.63) is 53.7 Å². The molecule has 0 unspecified atom stereocenters. The number of ether oxygens (including phenoxy) is 2. The van der Waals surface area contributed by atoms with Crippen LogP contribution in [0.25, 0.3) is 10.9 Å². The number of sulfone groups is 1. The molecular weight excluding hydrogens is 416 g/mol. The first-order valence-electron chi connectivity index (χ1n) is 9.98. The third-order valence-electron chi connectivity index (χ3n) is 4.80. The maximum Gasteiger partial charge on any atom is 0.407 e. The van der Waals surface area contributed by atoms with Gasteiger partial charge < -0.3 is 19.8 Å². The summed E-state index contributed by atoms with van der Waals surface area (Å²) in [6.07, 6.45) is 0.0552. The van der Waals surface area contributed by atoms with Crippen molar-refractivity contribution in [3.8, 4) is 5.75 Å². The van der Waals surface area contributed by atoms with Gasteiger partial charge in [0.15, 0.2) is 0 Å². The van der Waals surface area contributed by atoms with E-state index in [1.165, 1.54) is 13.2 Å². The highest BCUT2D eigenvalue weighted by Crippen LogP contribution is 2.29. The van der Waals surface area contributed by atoms with Crippen LogP contribution in [0.1, 0.15) is 32.0 Å².